The fourth-order valence-corrected chi connectivity index (χ4v) is 2.27. The molecule has 1 aromatic heterocycles. The summed E-state index contributed by atoms with van der Waals surface area (Å²) in [5.74, 6) is -0.259. The third kappa shape index (κ3) is 2.72. The summed E-state index contributed by atoms with van der Waals surface area (Å²) in [5, 5.41) is 14.6. The van der Waals surface area contributed by atoms with Gasteiger partial charge >= 0.3 is 0 Å². The number of nitrogens with one attached hydrogen (secondary N) is 2. The van der Waals surface area contributed by atoms with Crippen LogP contribution in [0.25, 0.3) is 10.8 Å². The van der Waals surface area contributed by atoms with Gasteiger partial charge in [0.2, 0.25) is 0 Å². The van der Waals surface area contributed by atoms with Crippen molar-refractivity contribution in [3.05, 3.63) is 60.2 Å². The Bertz CT molecular complexity index is 766. The number of fused-ring (bicyclic) bond motifs is 1. The van der Waals surface area contributed by atoms with Crippen LogP contribution in [0.5, 0.6) is 5.75 Å². The highest BCUT2D eigenvalue weighted by atomic mass is 16.3. The van der Waals surface area contributed by atoms with Crippen LogP contribution in [0.3, 0.4) is 0 Å². The number of hydrogen-bond donors (Lipinski definition) is 3. The van der Waals surface area contributed by atoms with Gasteiger partial charge in [0, 0.05) is 30.2 Å². The van der Waals surface area contributed by atoms with Crippen LogP contribution in [0.4, 0.5) is 0 Å². The SMILES string of the molecule is O=C(NCCc1cnc[nH]1)c1ccc2ccccc2c1O. The molecule has 3 rings (SSSR count). The van der Waals surface area contributed by atoms with Gasteiger partial charge in [-0.05, 0) is 11.5 Å². The number of aromatic hydroxyl groups is 1. The maximum Gasteiger partial charge on any atom is 0.255 e. The second-order valence-electron chi connectivity index (χ2n) is 4.77. The number of phenols is 1. The zero-order valence-electron chi connectivity index (χ0n) is 11.3. The Hall–Kier alpha value is -2.82. The Morgan fingerprint density at radius 1 is 1.24 bits per heavy atom. The summed E-state index contributed by atoms with van der Waals surface area (Å²) < 4.78 is 0. The highest BCUT2D eigenvalue weighted by molar-refractivity contribution is 6.03. The average molecular weight is 281 g/mol. The fourth-order valence-electron chi connectivity index (χ4n) is 2.27. The highest BCUT2D eigenvalue weighted by Gasteiger charge is 2.13. The zero-order valence-corrected chi connectivity index (χ0v) is 11.3. The number of carbonyl (C=O) groups excluding carboxylic acids is 1. The molecule has 1 amide bonds. The van der Waals surface area contributed by atoms with Crippen molar-refractivity contribution in [2.45, 2.75) is 6.42 Å². The van der Waals surface area contributed by atoms with Gasteiger partial charge < -0.3 is 15.4 Å². The maximum atomic E-state index is 12.1. The van der Waals surface area contributed by atoms with Gasteiger partial charge in [-0.1, -0.05) is 30.3 Å². The van der Waals surface area contributed by atoms with Crippen molar-refractivity contribution in [2.75, 3.05) is 6.54 Å². The molecule has 0 aliphatic heterocycles. The van der Waals surface area contributed by atoms with Crippen LogP contribution in [0.15, 0.2) is 48.9 Å². The third-order valence-electron chi connectivity index (χ3n) is 3.38. The Morgan fingerprint density at radius 3 is 2.90 bits per heavy atom. The fraction of sp³-hybridized carbons (Fsp3) is 0.125. The predicted octanol–water partition coefficient (Wildman–Crippen LogP) is 2.24. The number of rotatable bonds is 4. The summed E-state index contributed by atoms with van der Waals surface area (Å²) in [4.78, 5) is 19.0. The number of carbonyl (C=O) groups is 1. The summed E-state index contributed by atoms with van der Waals surface area (Å²) in [5.41, 5.74) is 1.25. The Balaban J connectivity index is 1.74. The molecular weight excluding hydrogens is 266 g/mol. The molecule has 0 spiro atoms. The van der Waals surface area contributed by atoms with Crippen LogP contribution in [0.1, 0.15) is 16.1 Å². The number of phenolic OH excluding ortho intramolecular Hbond substituents is 1. The molecule has 1 heterocycles. The van der Waals surface area contributed by atoms with Crippen molar-refractivity contribution in [3.8, 4) is 5.75 Å². The topological polar surface area (TPSA) is 78.0 Å². The quantitative estimate of drug-likeness (QED) is 0.686. The summed E-state index contributed by atoms with van der Waals surface area (Å²) in [6.45, 7) is 0.479. The molecule has 0 radical (unpaired) electrons. The predicted molar refractivity (Wildman–Crippen MR) is 80.2 cm³/mol. The van der Waals surface area contributed by atoms with E-state index in [1.165, 1.54) is 0 Å². The molecule has 0 saturated heterocycles. The van der Waals surface area contributed by atoms with Crippen molar-refractivity contribution in [1.82, 2.24) is 15.3 Å². The highest BCUT2D eigenvalue weighted by Crippen LogP contribution is 2.28. The van der Waals surface area contributed by atoms with Gasteiger partial charge in [-0.3, -0.25) is 4.79 Å². The number of amides is 1. The monoisotopic (exact) mass is 281 g/mol. The summed E-state index contributed by atoms with van der Waals surface area (Å²) in [7, 11) is 0. The minimum absolute atomic E-state index is 0.0205. The van der Waals surface area contributed by atoms with Crippen LogP contribution in [-0.2, 0) is 6.42 Å². The molecule has 0 fully saturated rings. The molecule has 0 saturated carbocycles. The van der Waals surface area contributed by atoms with Crippen molar-refractivity contribution < 1.29 is 9.90 Å². The Morgan fingerprint density at radius 2 is 2.10 bits per heavy atom. The number of hydrogen-bond acceptors (Lipinski definition) is 3. The van der Waals surface area contributed by atoms with Gasteiger partial charge in [-0.2, -0.15) is 0 Å². The molecule has 3 N–H and O–H groups in total. The molecule has 3 aromatic rings. The van der Waals surface area contributed by atoms with Crippen molar-refractivity contribution in [3.63, 3.8) is 0 Å². The number of benzene rings is 2. The minimum atomic E-state index is -0.280. The standard InChI is InChI=1S/C16H15N3O2/c20-15-13-4-2-1-3-11(13)5-6-14(15)16(21)18-8-7-12-9-17-10-19-12/h1-6,9-10,20H,7-8H2,(H,17,19)(H,18,21). The first-order valence-electron chi connectivity index (χ1n) is 6.72. The number of aromatic nitrogens is 2. The lowest BCUT2D eigenvalue weighted by Gasteiger charge is -2.08. The number of nitrogens with zero attached hydrogens (tertiary/aromatic N) is 1. The van der Waals surface area contributed by atoms with E-state index < -0.39 is 0 Å². The number of aromatic amines is 1. The Labute approximate surface area is 121 Å². The third-order valence-corrected chi connectivity index (χ3v) is 3.38. The molecule has 5 heteroatoms. The summed E-state index contributed by atoms with van der Waals surface area (Å²) in [6.07, 6.45) is 3.99. The number of H-pyrrole nitrogens is 1. The van der Waals surface area contributed by atoms with E-state index in [9.17, 15) is 9.90 Å². The van der Waals surface area contributed by atoms with Crippen molar-refractivity contribution >= 4 is 16.7 Å². The van der Waals surface area contributed by atoms with E-state index in [-0.39, 0.29) is 11.7 Å². The van der Waals surface area contributed by atoms with E-state index in [1.54, 1.807) is 24.7 Å². The molecule has 0 unspecified atom stereocenters. The Kier molecular flexibility index (Phi) is 3.55. The van der Waals surface area contributed by atoms with E-state index in [2.05, 4.69) is 15.3 Å². The molecule has 0 bridgehead atoms. The molecule has 21 heavy (non-hydrogen) atoms. The lowest BCUT2D eigenvalue weighted by atomic mass is 10.0. The van der Waals surface area contributed by atoms with Gasteiger partial charge in [-0.15, -0.1) is 0 Å². The first-order chi connectivity index (χ1) is 10.3. The largest absolute Gasteiger partial charge is 0.506 e. The molecular formula is C16H15N3O2. The molecule has 0 atom stereocenters. The van der Waals surface area contributed by atoms with E-state index in [4.69, 9.17) is 0 Å². The first kappa shape index (κ1) is 13.2. The second-order valence-corrected chi connectivity index (χ2v) is 4.77. The van der Waals surface area contributed by atoms with Crippen LogP contribution < -0.4 is 5.32 Å². The van der Waals surface area contributed by atoms with E-state index in [1.807, 2.05) is 24.3 Å². The lowest BCUT2D eigenvalue weighted by Crippen LogP contribution is -2.25. The molecule has 0 aliphatic carbocycles. The second kappa shape index (κ2) is 5.66. The van der Waals surface area contributed by atoms with E-state index >= 15 is 0 Å². The van der Waals surface area contributed by atoms with Gasteiger partial charge in [-0.25, -0.2) is 4.98 Å². The molecule has 2 aromatic carbocycles. The van der Waals surface area contributed by atoms with Crippen molar-refractivity contribution in [1.29, 1.82) is 0 Å². The number of imidazole rings is 1. The molecule has 5 nitrogen and oxygen atoms in total. The van der Waals surface area contributed by atoms with Gasteiger partial charge in [0.15, 0.2) is 0 Å². The van der Waals surface area contributed by atoms with Crippen LogP contribution in [-0.4, -0.2) is 27.5 Å². The molecule has 0 aliphatic rings. The summed E-state index contributed by atoms with van der Waals surface area (Å²) >= 11 is 0. The first-order valence-corrected chi connectivity index (χ1v) is 6.72. The lowest BCUT2D eigenvalue weighted by molar-refractivity contribution is 0.0951. The van der Waals surface area contributed by atoms with Gasteiger partial charge in [0.1, 0.15) is 5.75 Å². The smallest absolute Gasteiger partial charge is 0.255 e. The summed E-state index contributed by atoms with van der Waals surface area (Å²) in [6, 6.07) is 10.9. The van der Waals surface area contributed by atoms with Gasteiger partial charge in [0.25, 0.3) is 5.91 Å². The zero-order chi connectivity index (χ0) is 14.7. The molecule has 106 valence electrons. The van der Waals surface area contributed by atoms with Gasteiger partial charge in [0.05, 0.1) is 11.9 Å². The normalized spacial score (nSPS) is 10.7. The van der Waals surface area contributed by atoms with Crippen LogP contribution in [0, 0.1) is 0 Å². The van der Waals surface area contributed by atoms with Crippen LogP contribution >= 0.6 is 0 Å². The average Bonchev–Trinajstić information content (AvgIpc) is 3.01. The van der Waals surface area contributed by atoms with E-state index in [0.29, 0.717) is 23.9 Å². The van der Waals surface area contributed by atoms with Crippen LogP contribution in [0.2, 0.25) is 0 Å². The minimum Gasteiger partial charge on any atom is -0.506 e. The van der Waals surface area contributed by atoms with E-state index in [0.717, 1.165) is 11.1 Å². The van der Waals surface area contributed by atoms with Crippen molar-refractivity contribution in [2.24, 2.45) is 0 Å². The maximum absolute atomic E-state index is 12.1.